The lowest BCUT2D eigenvalue weighted by atomic mass is 9.92. The fourth-order valence-corrected chi connectivity index (χ4v) is 2.93. The first-order valence-electron chi connectivity index (χ1n) is 6.98. The zero-order valence-electron chi connectivity index (χ0n) is 10.6. The van der Waals surface area contributed by atoms with Crippen molar-refractivity contribution in [3.8, 4) is 0 Å². The summed E-state index contributed by atoms with van der Waals surface area (Å²) in [4.78, 5) is 11.8. The van der Waals surface area contributed by atoms with Gasteiger partial charge in [0.15, 0.2) is 0 Å². The highest BCUT2D eigenvalue weighted by atomic mass is 16.2. The number of hydrogen-bond donors (Lipinski definition) is 2. The Bertz CT molecular complexity index is 282. The lowest BCUT2D eigenvalue weighted by molar-refractivity contribution is 0.226. The fraction of sp³-hybridized carbons (Fsp3) is 0.786. The molecule has 2 fully saturated rings. The van der Waals surface area contributed by atoms with Crippen LogP contribution in [-0.4, -0.2) is 18.1 Å². The van der Waals surface area contributed by atoms with Crippen LogP contribution in [0.15, 0.2) is 12.2 Å². The van der Waals surface area contributed by atoms with Gasteiger partial charge in [0.1, 0.15) is 0 Å². The molecule has 17 heavy (non-hydrogen) atoms. The van der Waals surface area contributed by atoms with Gasteiger partial charge in [-0.3, -0.25) is 0 Å². The second-order valence-electron chi connectivity index (χ2n) is 5.50. The number of nitrogens with one attached hydrogen (secondary N) is 2. The fourth-order valence-electron chi connectivity index (χ4n) is 2.93. The standard InChI is InChI=1S/C14H24N2O/c1-11-6-5-9-13(10-11)16-14(17)15-12-7-3-2-4-8-12/h12-13H,1-10H2,(H2,15,16,17). The van der Waals surface area contributed by atoms with Gasteiger partial charge in [-0.1, -0.05) is 31.4 Å². The number of carbonyl (C=O) groups excluding carboxylic acids is 1. The number of amides is 2. The molecular formula is C14H24N2O. The van der Waals surface area contributed by atoms with Gasteiger partial charge in [-0.25, -0.2) is 4.79 Å². The molecule has 96 valence electrons. The Morgan fingerprint density at radius 3 is 2.35 bits per heavy atom. The number of urea groups is 1. The molecular weight excluding hydrogens is 212 g/mol. The van der Waals surface area contributed by atoms with Crippen molar-refractivity contribution in [3.63, 3.8) is 0 Å². The van der Waals surface area contributed by atoms with Crippen LogP contribution >= 0.6 is 0 Å². The van der Waals surface area contributed by atoms with Crippen LogP contribution < -0.4 is 10.6 Å². The van der Waals surface area contributed by atoms with E-state index in [0.29, 0.717) is 12.1 Å². The first-order chi connectivity index (χ1) is 8.24. The molecule has 2 aliphatic rings. The summed E-state index contributed by atoms with van der Waals surface area (Å²) in [6, 6.07) is 0.729. The van der Waals surface area contributed by atoms with Gasteiger partial charge in [0.2, 0.25) is 0 Å². The van der Waals surface area contributed by atoms with Crippen molar-refractivity contribution in [2.45, 2.75) is 69.9 Å². The number of rotatable bonds is 2. The predicted octanol–water partition coefficient (Wildman–Crippen LogP) is 3.12. The van der Waals surface area contributed by atoms with Gasteiger partial charge in [0, 0.05) is 12.1 Å². The number of hydrogen-bond acceptors (Lipinski definition) is 1. The summed E-state index contributed by atoms with van der Waals surface area (Å²) in [6.45, 7) is 4.02. The monoisotopic (exact) mass is 236 g/mol. The first-order valence-corrected chi connectivity index (χ1v) is 6.98. The molecule has 0 aromatic heterocycles. The summed E-state index contributed by atoms with van der Waals surface area (Å²) in [5.74, 6) is 0. The van der Waals surface area contributed by atoms with Crippen molar-refractivity contribution in [1.82, 2.24) is 10.6 Å². The summed E-state index contributed by atoms with van der Waals surface area (Å²) in [5.41, 5.74) is 1.28. The maximum absolute atomic E-state index is 11.8. The zero-order chi connectivity index (χ0) is 12.1. The van der Waals surface area contributed by atoms with E-state index in [2.05, 4.69) is 17.2 Å². The average Bonchev–Trinajstić information content (AvgIpc) is 2.30. The Kier molecular flexibility index (Phi) is 4.46. The molecule has 2 amide bonds. The number of carbonyl (C=O) groups is 1. The third-order valence-electron chi connectivity index (χ3n) is 3.89. The molecule has 0 aromatic rings. The molecule has 0 aliphatic heterocycles. The highest BCUT2D eigenvalue weighted by molar-refractivity contribution is 5.74. The smallest absolute Gasteiger partial charge is 0.315 e. The predicted molar refractivity (Wildman–Crippen MR) is 69.9 cm³/mol. The molecule has 1 unspecified atom stereocenters. The van der Waals surface area contributed by atoms with Crippen LogP contribution in [0.3, 0.4) is 0 Å². The molecule has 1 atom stereocenters. The van der Waals surface area contributed by atoms with Crippen LogP contribution in [0.25, 0.3) is 0 Å². The Balaban J connectivity index is 1.70. The normalized spacial score (nSPS) is 26.6. The molecule has 3 heteroatoms. The van der Waals surface area contributed by atoms with Crippen molar-refractivity contribution < 1.29 is 4.79 Å². The minimum atomic E-state index is 0.0246. The lowest BCUT2D eigenvalue weighted by Gasteiger charge is -2.27. The Morgan fingerprint density at radius 2 is 1.65 bits per heavy atom. The van der Waals surface area contributed by atoms with Gasteiger partial charge in [-0.05, 0) is 38.5 Å². The van der Waals surface area contributed by atoms with Crippen LogP contribution in [0, 0.1) is 0 Å². The lowest BCUT2D eigenvalue weighted by Crippen LogP contribution is -2.47. The van der Waals surface area contributed by atoms with Crippen LogP contribution in [0.2, 0.25) is 0 Å². The van der Waals surface area contributed by atoms with Crippen LogP contribution in [0.1, 0.15) is 57.8 Å². The molecule has 2 rings (SSSR count). The van der Waals surface area contributed by atoms with Crippen molar-refractivity contribution in [1.29, 1.82) is 0 Å². The highest BCUT2D eigenvalue weighted by Gasteiger charge is 2.20. The van der Waals surface area contributed by atoms with Gasteiger partial charge < -0.3 is 10.6 Å². The van der Waals surface area contributed by atoms with Crippen molar-refractivity contribution in [2.24, 2.45) is 0 Å². The molecule has 2 saturated carbocycles. The molecule has 0 aromatic carbocycles. The van der Waals surface area contributed by atoms with E-state index in [1.807, 2.05) is 0 Å². The second-order valence-corrected chi connectivity index (χ2v) is 5.50. The third kappa shape index (κ3) is 4.06. The van der Waals surface area contributed by atoms with Crippen molar-refractivity contribution in [3.05, 3.63) is 12.2 Å². The van der Waals surface area contributed by atoms with E-state index >= 15 is 0 Å². The van der Waals surface area contributed by atoms with Gasteiger partial charge in [-0.2, -0.15) is 0 Å². The average molecular weight is 236 g/mol. The van der Waals surface area contributed by atoms with E-state index in [0.717, 1.165) is 38.5 Å². The van der Waals surface area contributed by atoms with Gasteiger partial charge in [0.25, 0.3) is 0 Å². The largest absolute Gasteiger partial charge is 0.335 e. The molecule has 2 aliphatic carbocycles. The van der Waals surface area contributed by atoms with Gasteiger partial charge in [-0.15, -0.1) is 0 Å². The molecule has 0 spiro atoms. The molecule has 0 heterocycles. The van der Waals surface area contributed by atoms with Crippen molar-refractivity contribution >= 4 is 6.03 Å². The van der Waals surface area contributed by atoms with Crippen LogP contribution in [0.5, 0.6) is 0 Å². The maximum atomic E-state index is 11.8. The van der Waals surface area contributed by atoms with Crippen molar-refractivity contribution in [2.75, 3.05) is 0 Å². The van der Waals surface area contributed by atoms with E-state index in [-0.39, 0.29) is 6.03 Å². The Labute approximate surface area is 104 Å². The summed E-state index contributed by atoms with van der Waals surface area (Å²) in [6.07, 6.45) is 10.5. The molecule has 0 bridgehead atoms. The molecule has 0 saturated heterocycles. The summed E-state index contributed by atoms with van der Waals surface area (Å²) in [5, 5.41) is 6.19. The van der Waals surface area contributed by atoms with E-state index in [4.69, 9.17) is 0 Å². The maximum Gasteiger partial charge on any atom is 0.315 e. The SMILES string of the molecule is C=C1CCCC(NC(=O)NC2CCCCC2)C1. The quantitative estimate of drug-likeness (QED) is 0.711. The van der Waals surface area contributed by atoms with E-state index in [9.17, 15) is 4.79 Å². The minimum Gasteiger partial charge on any atom is -0.335 e. The molecule has 2 N–H and O–H groups in total. The summed E-state index contributed by atoms with van der Waals surface area (Å²) >= 11 is 0. The van der Waals surface area contributed by atoms with Gasteiger partial charge >= 0.3 is 6.03 Å². The van der Waals surface area contributed by atoms with E-state index in [1.54, 1.807) is 0 Å². The zero-order valence-corrected chi connectivity index (χ0v) is 10.6. The van der Waals surface area contributed by atoms with Crippen LogP contribution in [0.4, 0.5) is 4.79 Å². The minimum absolute atomic E-state index is 0.0246. The summed E-state index contributed by atoms with van der Waals surface area (Å²) in [7, 11) is 0. The highest BCUT2D eigenvalue weighted by Crippen LogP contribution is 2.22. The first kappa shape index (κ1) is 12.5. The topological polar surface area (TPSA) is 41.1 Å². The van der Waals surface area contributed by atoms with E-state index in [1.165, 1.54) is 24.8 Å². The van der Waals surface area contributed by atoms with E-state index < -0.39 is 0 Å². The summed E-state index contributed by atoms with van der Waals surface area (Å²) < 4.78 is 0. The molecule has 0 radical (unpaired) electrons. The Morgan fingerprint density at radius 1 is 1.00 bits per heavy atom. The third-order valence-corrected chi connectivity index (χ3v) is 3.89. The molecule has 3 nitrogen and oxygen atoms in total. The van der Waals surface area contributed by atoms with Crippen LogP contribution in [-0.2, 0) is 0 Å². The Hall–Kier alpha value is -0.990. The van der Waals surface area contributed by atoms with Gasteiger partial charge in [0.05, 0.1) is 0 Å². The second kappa shape index (κ2) is 6.08.